The summed E-state index contributed by atoms with van der Waals surface area (Å²) in [6, 6.07) is 24.7. The van der Waals surface area contributed by atoms with Gasteiger partial charge in [0, 0.05) is 43.6 Å². The maximum Gasteiger partial charge on any atom is 0.315 e. The Labute approximate surface area is 197 Å². The van der Waals surface area contributed by atoms with Crippen molar-refractivity contribution in [3.05, 3.63) is 84.6 Å². The quantitative estimate of drug-likeness (QED) is 0.469. The fourth-order valence-corrected chi connectivity index (χ4v) is 4.66. The first-order chi connectivity index (χ1) is 16.1. The number of hydrogen-bond donors (Lipinski definition) is 0. The molecule has 0 spiro atoms. The van der Waals surface area contributed by atoms with Crippen LogP contribution in [0.15, 0.2) is 79.0 Å². The molecule has 0 aliphatic carbocycles. The van der Waals surface area contributed by atoms with E-state index in [0.717, 1.165) is 62.4 Å². The number of benzene rings is 2. The van der Waals surface area contributed by atoms with E-state index in [2.05, 4.69) is 39.0 Å². The van der Waals surface area contributed by atoms with Crippen LogP contribution in [0.3, 0.4) is 0 Å². The Hall–Kier alpha value is -3.18. The fraction of sp³-hybridized carbons (Fsp3) is 0.357. The van der Waals surface area contributed by atoms with Crippen LogP contribution >= 0.6 is 0 Å². The van der Waals surface area contributed by atoms with E-state index in [0.29, 0.717) is 0 Å². The summed E-state index contributed by atoms with van der Waals surface area (Å²) in [4.78, 5) is 22.0. The third kappa shape index (κ3) is 5.42. The molecule has 2 heterocycles. The molecule has 1 fully saturated rings. The number of carbonyl (C=O) groups excluding carboxylic acids is 1. The number of esters is 1. The lowest BCUT2D eigenvalue weighted by atomic mass is 9.78. The van der Waals surface area contributed by atoms with Gasteiger partial charge in [0.25, 0.3) is 0 Å². The summed E-state index contributed by atoms with van der Waals surface area (Å²) >= 11 is 0. The van der Waals surface area contributed by atoms with Gasteiger partial charge in [-0.25, -0.2) is 0 Å². The minimum atomic E-state index is -0.604. The largest absolute Gasteiger partial charge is 0.468 e. The lowest BCUT2D eigenvalue weighted by Gasteiger charge is -2.36. The first-order valence-corrected chi connectivity index (χ1v) is 11.7. The molecular weight excluding hydrogens is 410 g/mol. The van der Waals surface area contributed by atoms with Gasteiger partial charge in [-0.2, -0.15) is 0 Å². The zero-order valence-electron chi connectivity index (χ0n) is 19.6. The topological polar surface area (TPSA) is 45.7 Å². The number of methoxy groups -OCH3 is 1. The van der Waals surface area contributed by atoms with E-state index >= 15 is 0 Å². The molecule has 172 valence electrons. The third-order valence-electron chi connectivity index (χ3n) is 6.76. The first kappa shape index (κ1) is 23.0. The van der Waals surface area contributed by atoms with Crippen LogP contribution in [0.2, 0.25) is 0 Å². The number of nitrogens with zero attached hydrogens (tertiary/aromatic N) is 3. The van der Waals surface area contributed by atoms with Crippen LogP contribution < -0.4 is 4.90 Å². The summed E-state index contributed by atoms with van der Waals surface area (Å²) in [5.41, 5.74) is 3.83. The van der Waals surface area contributed by atoms with Gasteiger partial charge in [0.1, 0.15) is 0 Å². The second-order valence-electron chi connectivity index (χ2n) is 8.88. The Morgan fingerprint density at radius 2 is 1.64 bits per heavy atom. The number of piperazine rings is 1. The maximum atomic E-state index is 12.6. The van der Waals surface area contributed by atoms with E-state index < -0.39 is 5.41 Å². The van der Waals surface area contributed by atoms with Crippen molar-refractivity contribution in [2.75, 3.05) is 44.7 Å². The van der Waals surface area contributed by atoms with Crippen molar-refractivity contribution in [1.29, 1.82) is 0 Å². The monoisotopic (exact) mass is 443 g/mol. The number of anilines is 1. The molecule has 1 saturated heterocycles. The van der Waals surface area contributed by atoms with Crippen LogP contribution in [0, 0.1) is 0 Å². The molecule has 1 aliphatic heterocycles. The molecule has 1 aromatic heterocycles. The molecule has 1 unspecified atom stereocenters. The van der Waals surface area contributed by atoms with Crippen molar-refractivity contribution in [1.82, 2.24) is 9.88 Å². The molecule has 5 nitrogen and oxygen atoms in total. The third-order valence-corrected chi connectivity index (χ3v) is 6.76. The lowest BCUT2D eigenvalue weighted by Crippen LogP contribution is -2.47. The Kier molecular flexibility index (Phi) is 7.40. The van der Waals surface area contributed by atoms with E-state index in [4.69, 9.17) is 4.74 Å². The van der Waals surface area contributed by atoms with E-state index in [-0.39, 0.29) is 5.97 Å². The minimum Gasteiger partial charge on any atom is -0.468 e. The van der Waals surface area contributed by atoms with E-state index in [9.17, 15) is 4.79 Å². The summed E-state index contributed by atoms with van der Waals surface area (Å²) < 4.78 is 5.15. The molecule has 5 heteroatoms. The van der Waals surface area contributed by atoms with E-state index in [1.165, 1.54) is 12.8 Å². The number of aromatic nitrogens is 1. The van der Waals surface area contributed by atoms with E-state index in [1.54, 1.807) is 0 Å². The van der Waals surface area contributed by atoms with Gasteiger partial charge >= 0.3 is 5.97 Å². The van der Waals surface area contributed by atoms with Gasteiger partial charge in [-0.15, -0.1) is 0 Å². The molecule has 4 rings (SSSR count). The molecule has 0 saturated carbocycles. The molecule has 0 radical (unpaired) electrons. The second-order valence-corrected chi connectivity index (χ2v) is 8.88. The summed E-state index contributed by atoms with van der Waals surface area (Å²) in [6.45, 7) is 7.07. The average molecular weight is 444 g/mol. The summed E-state index contributed by atoms with van der Waals surface area (Å²) in [6.07, 6.45) is 3.56. The van der Waals surface area contributed by atoms with Gasteiger partial charge in [-0.3, -0.25) is 14.7 Å². The molecule has 1 atom stereocenters. The molecule has 3 aromatic rings. The molecule has 0 N–H and O–H groups in total. The van der Waals surface area contributed by atoms with Crippen molar-refractivity contribution in [3.8, 4) is 11.3 Å². The Balaban J connectivity index is 1.28. The van der Waals surface area contributed by atoms with Crippen LogP contribution in [0.25, 0.3) is 11.3 Å². The van der Waals surface area contributed by atoms with Crippen molar-refractivity contribution in [3.63, 3.8) is 0 Å². The van der Waals surface area contributed by atoms with Crippen LogP contribution in [-0.2, 0) is 14.9 Å². The van der Waals surface area contributed by atoms with Gasteiger partial charge in [-0.05, 0) is 56.1 Å². The smallest absolute Gasteiger partial charge is 0.315 e. The van der Waals surface area contributed by atoms with Crippen molar-refractivity contribution in [2.45, 2.75) is 25.2 Å². The van der Waals surface area contributed by atoms with Crippen molar-refractivity contribution in [2.24, 2.45) is 0 Å². The van der Waals surface area contributed by atoms with Crippen molar-refractivity contribution >= 4 is 11.7 Å². The number of pyridine rings is 1. The standard InChI is InChI=1S/C28H33N3O2/c1-28(27(32)33-2,24-9-4-3-5-10-24)16-8-18-30-19-21-31(22-20-30)25-14-12-23(13-15-25)26-11-6-7-17-29-26/h3-7,9-15,17H,8,16,18-22H2,1-2H3. The highest BCUT2D eigenvalue weighted by molar-refractivity contribution is 5.82. The molecule has 0 amide bonds. The Morgan fingerprint density at radius 3 is 2.27 bits per heavy atom. The van der Waals surface area contributed by atoms with E-state index in [1.807, 2.05) is 61.7 Å². The predicted octanol–water partition coefficient (Wildman–Crippen LogP) is 4.78. The Bertz CT molecular complexity index is 1020. The number of rotatable bonds is 8. The van der Waals surface area contributed by atoms with Crippen molar-refractivity contribution < 1.29 is 9.53 Å². The van der Waals surface area contributed by atoms with Gasteiger partial charge in [-0.1, -0.05) is 48.5 Å². The minimum absolute atomic E-state index is 0.160. The first-order valence-electron chi connectivity index (χ1n) is 11.7. The fourth-order valence-electron chi connectivity index (χ4n) is 4.66. The summed E-state index contributed by atoms with van der Waals surface area (Å²) in [5.74, 6) is -0.160. The van der Waals surface area contributed by atoms with Gasteiger partial charge in [0.2, 0.25) is 0 Å². The SMILES string of the molecule is COC(=O)C(C)(CCCN1CCN(c2ccc(-c3ccccn3)cc2)CC1)c1ccccc1. The maximum absolute atomic E-state index is 12.6. The second kappa shape index (κ2) is 10.6. The van der Waals surface area contributed by atoms with Crippen LogP contribution in [0.4, 0.5) is 5.69 Å². The van der Waals surface area contributed by atoms with Crippen LogP contribution in [0.1, 0.15) is 25.3 Å². The van der Waals surface area contributed by atoms with Crippen LogP contribution in [0.5, 0.6) is 0 Å². The average Bonchev–Trinajstić information content (AvgIpc) is 2.89. The molecule has 0 bridgehead atoms. The van der Waals surface area contributed by atoms with Gasteiger partial charge in [0.15, 0.2) is 0 Å². The number of hydrogen-bond acceptors (Lipinski definition) is 5. The molecule has 1 aliphatic rings. The molecular formula is C28H33N3O2. The highest BCUT2D eigenvalue weighted by Gasteiger charge is 2.35. The number of ether oxygens (including phenoxy) is 1. The zero-order valence-corrected chi connectivity index (χ0v) is 19.6. The lowest BCUT2D eigenvalue weighted by molar-refractivity contribution is -0.147. The zero-order chi connectivity index (χ0) is 23.1. The molecule has 2 aromatic carbocycles. The summed E-state index contributed by atoms with van der Waals surface area (Å²) in [7, 11) is 1.48. The number of carbonyl (C=O) groups is 1. The summed E-state index contributed by atoms with van der Waals surface area (Å²) in [5, 5.41) is 0. The highest BCUT2D eigenvalue weighted by Crippen LogP contribution is 2.31. The molecule has 33 heavy (non-hydrogen) atoms. The Morgan fingerprint density at radius 1 is 0.939 bits per heavy atom. The van der Waals surface area contributed by atoms with Gasteiger partial charge < -0.3 is 9.64 Å². The van der Waals surface area contributed by atoms with Gasteiger partial charge in [0.05, 0.1) is 18.2 Å². The van der Waals surface area contributed by atoms with Crippen LogP contribution in [-0.4, -0.2) is 55.7 Å². The normalized spacial score (nSPS) is 16.2. The predicted molar refractivity (Wildman–Crippen MR) is 133 cm³/mol. The highest BCUT2D eigenvalue weighted by atomic mass is 16.5.